The molecule has 0 radical (unpaired) electrons. The number of nitrogens with two attached hydrogens (primary N) is 1. The number of benzene rings is 1. The van der Waals surface area contributed by atoms with E-state index in [1.807, 2.05) is 0 Å². The van der Waals surface area contributed by atoms with Crippen LogP contribution in [0.25, 0.3) is 0 Å². The molecule has 0 saturated carbocycles. The van der Waals surface area contributed by atoms with Crippen molar-refractivity contribution in [3.8, 4) is 0 Å². The summed E-state index contributed by atoms with van der Waals surface area (Å²) in [5, 5.41) is 0. The Morgan fingerprint density at radius 1 is 1.35 bits per heavy atom. The van der Waals surface area contributed by atoms with E-state index in [0.717, 1.165) is 18.9 Å². The van der Waals surface area contributed by atoms with E-state index in [-0.39, 0.29) is 0 Å². The average Bonchev–Trinajstić information content (AvgIpc) is 2.77. The fourth-order valence-electron chi connectivity index (χ4n) is 2.69. The van der Waals surface area contributed by atoms with Gasteiger partial charge in [-0.15, -0.1) is 0 Å². The number of hydrogen-bond donors (Lipinski definition) is 1. The summed E-state index contributed by atoms with van der Waals surface area (Å²) >= 11 is 0. The predicted molar refractivity (Wildman–Crippen MR) is 72.7 cm³/mol. The Kier molecular flexibility index (Phi) is 4.57. The van der Waals surface area contributed by atoms with E-state index in [9.17, 15) is 0 Å². The van der Waals surface area contributed by atoms with Crippen LogP contribution in [0.15, 0.2) is 30.3 Å². The molecule has 17 heavy (non-hydrogen) atoms. The lowest BCUT2D eigenvalue weighted by Gasteiger charge is -2.17. The van der Waals surface area contributed by atoms with Crippen molar-refractivity contribution in [1.82, 2.24) is 4.90 Å². The molecule has 1 fully saturated rings. The molecule has 1 saturated heterocycles. The first-order valence-electron chi connectivity index (χ1n) is 6.79. The van der Waals surface area contributed by atoms with Gasteiger partial charge in [-0.05, 0) is 37.3 Å². The lowest BCUT2D eigenvalue weighted by Crippen LogP contribution is -2.25. The van der Waals surface area contributed by atoms with Crippen LogP contribution >= 0.6 is 0 Å². The Morgan fingerprint density at radius 2 is 2.12 bits per heavy atom. The summed E-state index contributed by atoms with van der Waals surface area (Å²) in [6.45, 7) is 5.73. The van der Waals surface area contributed by atoms with Crippen LogP contribution in [0.4, 0.5) is 0 Å². The van der Waals surface area contributed by atoms with E-state index < -0.39 is 0 Å². The van der Waals surface area contributed by atoms with Crippen molar-refractivity contribution >= 4 is 0 Å². The maximum absolute atomic E-state index is 6.03. The molecule has 0 spiro atoms. The number of hydrogen-bond acceptors (Lipinski definition) is 2. The summed E-state index contributed by atoms with van der Waals surface area (Å²) in [6.07, 6.45) is 3.62. The highest BCUT2D eigenvalue weighted by Gasteiger charge is 2.23. The van der Waals surface area contributed by atoms with Gasteiger partial charge in [0.25, 0.3) is 0 Å². The number of likely N-dealkylation sites (tertiary alicyclic amines) is 1. The molecule has 1 aromatic rings. The topological polar surface area (TPSA) is 29.3 Å². The minimum absolute atomic E-state index is 0.400. The van der Waals surface area contributed by atoms with Crippen LogP contribution in [0.1, 0.15) is 31.7 Å². The highest BCUT2D eigenvalue weighted by Crippen LogP contribution is 2.22. The van der Waals surface area contributed by atoms with Crippen molar-refractivity contribution in [3.05, 3.63) is 35.9 Å². The molecule has 0 aliphatic carbocycles. The summed E-state index contributed by atoms with van der Waals surface area (Å²) in [5.41, 5.74) is 7.46. The summed E-state index contributed by atoms with van der Waals surface area (Å²) in [7, 11) is 0. The standard InChI is InChI=1S/C15H24N2/c1-2-15(16)10-14-8-9-17(12-14)11-13-6-4-3-5-7-13/h3-7,14-15H,2,8-12,16H2,1H3. The lowest BCUT2D eigenvalue weighted by molar-refractivity contribution is 0.308. The fraction of sp³-hybridized carbons (Fsp3) is 0.600. The van der Waals surface area contributed by atoms with Crippen molar-refractivity contribution in [2.45, 2.75) is 38.8 Å². The van der Waals surface area contributed by atoms with Crippen molar-refractivity contribution < 1.29 is 0 Å². The van der Waals surface area contributed by atoms with Gasteiger partial charge < -0.3 is 5.73 Å². The summed E-state index contributed by atoms with van der Waals surface area (Å²) in [5.74, 6) is 0.814. The van der Waals surface area contributed by atoms with Crippen molar-refractivity contribution in [2.24, 2.45) is 11.7 Å². The van der Waals surface area contributed by atoms with Crippen LogP contribution in [0.5, 0.6) is 0 Å². The normalized spacial score (nSPS) is 22.8. The quantitative estimate of drug-likeness (QED) is 0.845. The molecule has 2 N–H and O–H groups in total. The molecule has 2 rings (SSSR count). The first-order chi connectivity index (χ1) is 8.28. The second-order valence-electron chi connectivity index (χ2n) is 5.28. The zero-order valence-electron chi connectivity index (χ0n) is 10.8. The van der Waals surface area contributed by atoms with Gasteiger partial charge in [-0.25, -0.2) is 0 Å². The fourth-order valence-corrected chi connectivity index (χ4v) is 2.69. The second kappa shape index (κ2) is 6.18. The summed E-state index contributed by atoms with van der Waals surface area (Å²) in [6, 6.07) is 11.1. The SMILES string of the molecule is CCC(N)CC1CCN(Cc2ccccc2)C1. The Morgan fingerprint density at radius 3 is 2.82 bits per heavy atom. The van der Waals surface area contributed by atoms with Crippen molar-refractivity contribution in [1.29, 1.82) is 0 Å². The molecular formula is C15H24N2. The Balaban J connectivity index is 1.78. The van der Waals surface area contributed by atoms with Gasteiger partial charge in [0.05, 0.1) is 0 Å². The Labute approximate surface area is 105 Å². The molecular weight excluding hydrogens is 208 g/mol. The molecule has 1 aliphatic rings. The lowest BCUT2D eigenvalue weighted by atomic mass is 9.98. The molecule has 0 aromatic heterocycles. The van der Waals surface area contributed by atoms with Gasteiger partial charge >= 0.3 is 0 Å². The van der Waals surface area contributed by atoms with Crippen LogP contribution in [0, 0.1) is 5.92 Å². The second-order valence-corrected chi connectivity index (χ2v) is 5.28. The van der Waals surface area contributed by atoms with Crippen LogP contribution in [0.2, 0.25) is 0 Å². The molecule has 2 atom stereocenters. The van der Waals surface area contributed by atoms with E-state index >= 15 is 0 Å². The molecule has 2 nitrogen and oxygen atoms in total. The molecule has 0 amide bonds. The Hall–Kier alpha value is -0.860. The van der Waals surface area contributed by atoms with Crippen molar-refractivity contribution in [2.75, 3.05) is 13.1 Å². The first-order valence-corrected chi connectivity index (χ1v) is 6.79. The minimum Gasteiger partial charge on any atom is -0.328 e. The maximum Gasteiger partial charge on any atom is 0.0233 e. The van der Waals surface area contributed by atoms with Crippen LogP contribution < -0.4 is 5.73 Å². The molecule has 94 valence electrons. The largest absolute Gasteiger partial charge is 0.328 e. The van der Waals surface area contributed by atoms with E-state index in [2.05, 4.69) is 42.2 Å². The molecule has 1 heterocycles. The number of nitrogens with zero attached hydrogens (tertiary/aromatic N) is 1. The average molecular weight is 232 g/mol. The van der Waals surface area contributed by atoms with E-state index in [4.69, 9.17) is 5.73 Å². The third kappa shape index (κ3) is 3.83. The zero-order valence-corrected chi connectivity index (χ0v) is 10.8. The van der Waals surface area contributed by atoms with Gasteiger partial charge in [0.15, 0.2) is 0 Å². The molecule has 1 aromatic carbocycles. The molecule has 2 unspecified atom stereocenters. The third-order valence-electron chi connectivity index (χ3n) is 3.78. The van der Waals surface area contributed by atoms with Gasteiger partial charge in [-0.2, -0.15) is 0 Å². The van der Waals surface area contributed by atoms with Gasteiger partial charge in [0.2, 0.25) is 0 Å². The van der Waals surface area contributed by atoms with E-state index in [1.54, 1.807) is 0 Å². The van der Waals surface area contributed by atoms with Gasteiger partial charge in [0.1, 0.15) is 0 Å². The number of rotatable bonds is 5. The smallest absolute Gasteiger partial charge is 0.0233 e. The predicted octanol–water partition coefficient (Wildman–Crippen LogP) is 2.64. The summed E-state index contributed by atoms with van der Waals surface area (Å²) in [4.78, 5) is 2.56. The van der Waals surface area contributed by atoms with Gasteiger partial charge in [0, 0.05) is 19.1 Å². The van der Waals surface area contributed by atoms with E-state index in [1.165, 1.54) is 31.5 Å². The highest BCUT2D eigenvalue weighted by molar-refractivity contribution is 5.14. The van der Waals surface area contributed by atoms with Gasteiger partial charge in [-0.3, -0.25) is 4.90 Å². The zero-order chi connectivity index (χ0) is 12.1. The minimum atomic E-state index is 0.400. The monoisotopic (exact) mass is 232 g/mol. The third-order valence-corrected chi connectivity index (χ3v) is 3.78. The van der Waals surface area contributed by atoms with Crippen LogP contribution in [-0.4, -0.2) is 24.0 Å². The van der Waals surface area contributed by atoms with E-state index in [0.29, 0.717) is 6.04 Å². The molecule has 2 heteroatoms. The van der Waals surface area contributed by atoms with Gasteiger partial charge in [-0.1, -0.05) is 37.3 Å². The Bertz CT molecular complexity index is 323. The van der Waals surface area contributed by atoms with Crippen LogP contribution in [0.3, 0.4) is 0 Å². The molecule has 1 aliphatic heterocycles. The van der Waals surface area contributed by atoms with Crippen LogP contribution in [-0.2, 0) is 6.54 Å². The highest BCUT2D eigenvalue weighted by atomic mass is 15.1. The summed E-state index contributed by atoms with van der Waals surface area (Å²) < 4.78 is 0. The maximum atomic E-state index is 6.03. The van der Waals surface area contributed by atoms with Crippen molar-refractivity contribution in [3.63, 3.8) is 0 Å². The first kappa shape index (κ1) is 12.6. The molecule has 0 bridgehead atoms.